The molecular formula is C13H23F3N2O2. The number of ether oxygens (including phenoxy) is 1. The molecule has 1 fully saturated rings. The highest BCUT2D eigenvalue weighted by Gasteiger charge is 2.33. The van der Waals surface area contributed by atoms with Crippen LogP contribution >= 0.6 is 0 Å². The van der Waals surface area contributed by atoms with Crippen molar-refractivity contribution in [1.29, 1.82) is 0 Å². The molecule has 2 atom stereocenters. The molecule has 0 aromatic rings. The van der Waals surface area contributed by atoms with Gasteiger partial charge in [0, 0.05) is 12.1 Å². The number of nitrogens with one attached hydrogen (secondary N) is 2. The third kappa shape index (κ3) is 6.98. The fraction of sp³-hybridized carbons (Fsp3) is 0.923. The maximum absolute atomic E-state index is 12.2. The van der Waals surface area contributed by atoms with Crippen LogP contribution in [0.5, 0.6) is 0 Å². The van der Waals surface area contributed by atoms with E-state index in [2.05, 4.69) is 10.6 Å². The van der Waals surface area contributed by atoms with Crippen molar-refractivity contribution in [2.45, 2.75) is 70.3 Å². The maximum Gasteiger partial charge on any atom is 0.407 e. The molecule has 1 amide bonds. The van der Waals surface area contributed by atoms with E-state index < -0.39 is 24.4 Å². The van der Waals surface area contributed by atoms with Crippen molar-refractivity contribution in [2.24, 2.45) is 0 Å². The molecule has 4 nitrogen and oxygen atoms in total. The Labute approximate surface area is 117 Å². The quantitative estimate of drug-likeness (QED) is 0.842. The highest BCUT2D eigenvalue weighted by molar-refractivity contribution is 5.68. The number of hydrogen-bond donors (Lipinski definition) is 2. The van der Waals surface area contributed by atoms with Gasteiger partial charge in [-0.2, -0.15) is 13.2 Å². The summed E-state index contributed by atoms with van der Waals surface area (Å²) in [6.45, 7) is 4.19. The summed E-state index contributed by atoms with van der Waals surface area (Å²) in [4.78, 5) is 11.7. The molecule has 0 aliphatic heterocycles. The van der Waals surface area contributed by atoms with Crippen molar-refractivity contribution in [3.8, 4) is 0 Å². The molecule has 0 spiro atoms. The average molecular weight is 296 g/mol. The first kappa shape index (κ1) is 17.1. The van der Waals surface area contributed by atoms with Gasteiger partial charge in [0.2, 0.25) is 0 Å². The second-order valence-corrected chi connectivity index (χ2v) is 6.14. The number of hydrogen-bond acceptors (Lipinski definition) is 3. The molecule has 0 aromatic heterocycles. The van der Waals surface area contributed by atoms with Gasteiger partial charge in [-0.1, -0.05) is 12.8 Å². The van der Waals surface area contributed by atoms with Gasteiger partial charge < -0.3 is 15.4 Å². The second-order valence-electron chi connectivity index (χ2n) is 6.14. The SMILES string of the molecule is CC(C)(C)OC(=O)N[C@H]1CCCC[C@@H]1NCC(F)(F)F. The molecule has 0 aromatic carbocycles. The average Bonchev–Trinajstić information content (AvgIpc) is 2.24. The molecule has 0 bridgehead atoms. The number of rotatable bonds is 3. The van der Waals surface area contributed by atoms with Crippen molar-refractivity contribution in [2.75, 3.05) is 6.54 Å². The van der Waals surface area contributed by atoms with Crippen molar-refractivity contribution in [3.63, 3.8) is 0 Å². The monoisotopic (exact) mass is 296 g/mol. The van der Waals surface area contributed by atoms with E-state index in [0.29, 0.717) is 12.8 Å². The first-order valence-corrected chi connectivity index (χ1v) is 6.86. The third-order valence-electron chi connectivity index (χ3n) is 3.03. The molecular weight excluding hydrogens is 273 g/mol. The van der Waals surface area contributed by atoms with Crippen LogP contribution in [0.3, 0.4) is 0 Å². The number of carbonyl (C=O) groups is 1. The number of halogens is 3. The van der Waals surface area contributed by atoms with Gasteiger partial charge in [0.05, 0.1) is 6.54 Å². The Balaban J connectivity index is 2.49. The molecule has 0 saturated heterocycles. The minimum atomic E-state index is -4.24. The summed E-state index contributed by atoms with van der Waals surface area (Å²) in [5.74, 6) is 0. The Kier molecular flexibility index (Phi) is 5.68. The summed E-state index contributed by atoms with van der Waals surface area (Å²) >= 11 is 0. The van der Waals surface area contributed by atoms with Crippen molar-refractivity contribution < 1.29 is 22.7 Å². The van der Waals surface area contributed by atoms with Gasteiger partial charge in [-0.05, 0) is 33.6 Å². The van der Waals surface area contributed by atoms with E-state index in [9.17, 15) is 18.0 Å². The van der Waals surface area contributed by atoms with Crippen molar-refractivity contribution in [1.82, 2.24) is 10.6 Å². The van der Waals surface area contributed by atoms with Crippen LogP contribution in [0.2, 0.25) is 0 Å². The smallest absolute Gasteiger partial charge is 0.407 e. The predicted octanol–water partition coefficient (Wildman–Crippen LogP) is 2.97. The Morgan fingerprint density at radius 1 is 1.15 bits per heavy atom. The first-order chi connectivity index (χ1) is 9.07. The summed E-state index contributed by atoms with van der Waals surface area (Å²) in [6.07, 6.45) is -1.78. The van der Waals surface area contributed by atoms with Gasteiger partial charge >= 0.3 is 12.3 Å². The van der Waals surface area contributed by atoms with Gasteiger partial charge in [-0.25, -0.2) is 4.79 Å². The van der Waals surface area contributed by atoms with E-state index in [4.69, 9.17) is 4.74 Å². The molecule has 1 aliphatic rings. The van der Waals surface area contributed by atoms with Gasteiger partial charge in [-0.3, -0.25) is 0 Å². The molecule has 118 valence electrons. The lowest BCUT2D eigenvalue weighted by atomic mass is 9.90. The standard InChI is InChI=1S/C13H23F3N2O2/c1-12(2,3)20-11(19)18-10-7-5-4-6-9(10)17-8-13(14,15)16/h9-10,17H,4-8H2,1-3H3,(H,18,19)/t9-,10-/m0/s1. The molecule has 1 saturated carbocycles. The van der Waals surface area contributed by atoms with E-state index in [1.54, 1.807) is 20.8 Å². The van der Waals surface area contributed by atoms with E-state index in [1.165, 1.54) is 0 Å². The van der Waals surface area contributed by atoms with Crippen LogP contribution in [0.25, 0.3) is 0 Å². The van der Waals surface area contributed by atoms with E-state index >= 15 is 0 Å². The Hall–Kier alpha value is -0.980. The molecule has 7 heteroatoms. The highest BCUT2D eigenvalue weighted by Crippen LogP contribution is 2.21. The number of carbonyl (C=O) groups excluding carboxylic acids is 1. The van der Waals surface area contributed by atoms with E-state index in [1.807, 2.05) is 0 Å². The molecule has 0 radical (unpaired) electrons. The molecule has 0 heterocycles. The zero-order valence-corrected chi connectivity index (χ0v) is 12.1. The summed E-state index contributed by atoms with van der Waals surface area (Å²) in [7, 11) is 0. The molecule has 1 aliphatic carbocycles. The van der Waals surface area contributed by atoms with Crippen LogP contribution in [-0.4, -0.2) is 36.5 Å². The summed E-state index contributed by atoms with van der Waals surface area (Å²) in [5, 5.41) is 5.16. The summed E-state index contributed by atoms with van der Waals surface area (Å²) in [5.41, 5.74) is -0.617. The number of alkyl carbamates (subject to hydrolysis) is 1. The minimum absolute atomic E-state index is 0.319. The number of alkyl halides is 3. The number of amides is 1. The Bertz CT molecular complexity index is 327. The molecule has 20 heavy (non-hydrogen) atoms. The van der Waals surface area contributed by atoms with Crippen LogP contribution in [0, 0.1) is 0 Å². The topological polar surface area (TPSA) is 50.4 Å². The van der Waals surface area contributed by atoms with Crippen LogP contribution in [0.1, 0.15) is 46.5 Å². The maximum atomic E-state index is 12.2. The Morgan fingerprint density at radius 2 is 1.70 bits per heavy atom. The lowest BCUT2D eigenvalue weighted by molar-refractivity contribution is -0.127. The summed E-state index contributed by atoms with van der Waals surface area (Å²) in [6, 6.07) is -0.682. The van der Waals surface area contributed by atoms with Crippen LogP contribution in [0.4, 0.5) is 18.0 Å². The molecule has 2 N–H and O–H groups in total. The van der Waals surface area contributed by atoms with Gasteiger partial charge in [0.15, 0.2) is 0 Å². The third-order valence-corrected chi connectivity index (χ3v) is 3.03. The predicted molar refractivity (Wildman–Crippen MR) is 69.5 cm³/mol. The largest absolute Gasteiger partial charge is 0.444 e. The zero-order chi connectivity index (χ0) is 15.4. The molecule has 1 rings (SSSR count). The fourth-order valence-electron chi connectivity index (χ4n) is 2.25. The van der Waals surface area contributed by atoms with Crippen LogP contribution in [-0.2, 0) is 4.74 Å². The minimum Gasteiger partial charge on any atom is -0.444 e. The highest BCUT2D eigenvalue weighted by atomic mass is 19.4. The summed E-state index contributed by atoms with van der Waals surface area (Å²) < 4.78 is 41.9. The normalized spacial score (nSPS) is 24.3. The van der Waals surface area contributed by atoms with E-state index in [0.717, 1.165) is 12.8 Å². The molecule has 0 unspecified atom stereocenters. The fourth-order valence-corrected chi connectivity index (χ4v) is 2.25. The van der Waals surface area contributed by atoms with Gasteiger partial charge in [0.1, 0.15) is 5.60 Å². The lowest BCUT2D eigenvalue weighted by Crippen LogP contribution is -2.54. The van der Waals surface area contributed by atoms with Gasteiger partial charge in [0.25, 0.3) is 0 Å². The van der Waals surface area contributed by atoms with Crippen molar-refractivity contribution >= 4 is 6.09 Å². The second kappa shape index (κ2) is 6.65. The first-order valence-electron chi connectivity index (χ1n) is 6.86. The van der Waals surface area contributed by atoms with Gasteiger partial charge in [-0.15, -0.1) is 0 Å². The van der Waals surface area contributed by atoms with Crippen molar-refractivity contribution in [3.05, 3.63) is 0 Å². The lowest BCUT2D eigenvalue weighted by Gasteiger charge is -2.33. The van der Waals surface area contributed by atoms with E-state index in [-0.39, 0.29) is 12.1 Å². The van der Waals surface area contributed by atoms with Crippen LogP contribution in [0.15, 0.2) is 0 Å². The van der Waals surface area contributed by atoms with Crippen LogP contribution < -0.4 is 10.6 Å². The zero-order valence-electron chi connectivity index (χ0n) is 12.1. The Morgan fingerprint density at radius 3 is 2.20 bits per heavy atom.